The summed E-state index contributed by atoms with van der Waals surface area (Å²) < 4.78 is 28.2. The molecule has 3 aromatic rings. The number of hydrogen-bond donors (Lipinski definition) is 8. The molecule has 5 rings (SSSR count). The van der Waals surface area contributed by atoms with Gasteiger partial charge in [0.2, 0.25) is 6.29 Å². The molecule has 0 radical (unpaired) electrons. The maximum Gasteiger partial charge on any atom is 0.229 e. The maximum atomic E-state index is 13.2. The first kappa shape index (κ1) is 30.2. The molecule has 0 spiro atoms. The SMILES string of the molecule is COc1cc(O)c2c(=O)cc(-c3ccc(O[C@@H]4OC(C)[C@H](O)[C@H](O)C4O)cc3)oc2c1[C@@H]1OC(CO)[C@@H](O)[C@H](O)C1O. The number of hydrogen-bond acceptors (Lipinski definition) is 14. The molecule has 8 N–H and O–H groups in total. The zero-order valence-electron chi connectivity index (χ0n) is 22.5. The summed E-state index contributed by atoms with van der Waals surface area (Å²) in [5, 5.41) is 81.5. The third kappa shape index (κ3) is 5.21. The van der Waals surface area contributed by atoms with Crippen molar-refractivity contribution in [3.05, 3.63) is 52.2 Å². The number of aliphatic hydroxyl groups is 7. The Bertz CT molecular complexity index is 1470. The maximum absolute atomic E-state index is 13.2. The van der Waals surface area contributed by atoms with Crippen LogP contribution in [0.25, 0.3) is 22.3 Å². The van der Waals surface area contributed by atoms with Crippen LogP contribution in [0.2, 0.25) is 0 Å². The molecule has 10 atom stereocenters. The van der Waals surface area contributed by atoms with E-state index in [2.05, 4.69) is 0 Å². The van der Waals surface area contributed by atoms with E-state index < -0.39 is 79.0 Å². The van der Waals surface area contributed by atoms with Crippen molar-refractivity contribution >= 4 is 11.0 Å². The number of phenols is 1. The van der Waals surface area contributed by atoms with E-state index in [-0.39, 0.29) is 33.8 Å². The molecule has 3 heterocycles. The van der Waals surface area contributed by atoms with Crippen molar-refractivity contribution in [3.63, 3.8) is 0 Å². The van der Waals surface area contributed by atoms with Crippen LogP contribution in [0, 0.1) is 0 Å². The average molecular weight is 593 g/mol. The molecule has 42 heavy (non-hydrogen) atoms. The van der Waals surface area contributed by atoms with Gasteiger partial charge in [0.1, 0.15) is 77.2 Å². The second-order valence-corrected chi connectivity index (χ2v) is 10.3. The Morgan fingerprint density at radius 1 is 0.857 bits per heavy atom. The van der Waals surface area contributed by atoms with Crippen LogP contribution < -0.4 is 14.9 Å². The summed E-state index contributed by atoms with van der Waals surface area (Å²) >= 11 is 0. The quantitative estimate of drug-likeness (QED) is 0.170. The molecule has 14 nitrogen and oxygen atoms in total. The Hall–Kier alpha value is -3.31. The van der Waals surface area contributed by atoms with Crippen LogP contribution in [0.5, 0.6) is 17.2 Å². The van der Waals surface area contributed by atoms with E-state index in [0.29, 0.717) is 5.56 Å². The fourth-order valence-corrected chi connectivity index (χ4v) is 5.18. The van der Waals surface area contributed by atoms with Crippen LogP contribution in [0.4, 0.5) is 0 Å². The number of rotatable bonds is 6. The first-order chi connectivity index (χ1) is 20.0. The van der Waals surface area contributed by atoms with E-state index in [9.17, 15) is 45.6 Å². The van der Waals surface area contributed by atoms with Gasteiger partial charge >= 0.3 is 0 Å². The number of phenolic OH excluding ortho intramolecular Hbond substituents is 1. The number of ether oxygens (including phenoxy) is 4. The fourth-order valence-electron chi connectivity index (χ4n) is 5.18. The van der Waals surface area contributed by atoms with Gasteiger partial charge < -0.3 is 64.2 Å². The Morgan fingerprint density at radius 2 is 1.52 bits per heavy atom. The van der Waals surface area contributed by atoms with Crippen molar-refractivity contribution in [2.45, 2.75) is 68.1 Å². The fraction of sp³-hybridized carbons (Fsp3) is 0.464. The van der Waals surface area contributed by atoms with Crippen molar-refractivity contribution < 1.29 is 64.2 Å². The van der Waals surface area contributed by atoms with Crippen LogP contribution in [0.1, 0.15) is 18.6 Å². The van der Waals surface area contributed by atoms with E-state index in [0.717, 1.165) is 12.1 Å². The van der Waals surface area contributed by atoms with Crippen molar-refractivity contribution in [1.29, 1.82) is 0 Å². The molecule has 2 fully saturated rings. The van der Waals surface area contributed by atoms with Gasteiger partial charge in [-0.2, -0.15) is 0 Å². The van der Waals surface area contributed by atoms with Gasteiger partial charge in [-0.3, -0.25) is 4.79 Å². The molecule has 0 amide bonds. The predicted molar refractivity (Wildman–Crippen MR) is 142 cm³/mol. The normalized spacial score (nSPS) is 33.5. The summed E-state index contributed by atoms with van der Waals surface area (Å²) in [5.41, 5.74) is -0.547. The second-order valence-electron chi connectivity index (χ2n) is 10.3. The lowest BCUT2D eigenvalue weighted by atomic mass is 9.89. The van der Waals surface area contributed by atoms with Crippen molar-refractivity contribution in [2.24, 2.45) is 0 Å². The molecule has 0 saturated carbocycles. The molecule has 1 aromatic heterocycles. The highest BCUT2D eigenvalue weighted by Crippen LogP contribution is 2.44. The first-order valence-electron chi connectivity index (χ1n) is 13.1. The van der Waals surface area contributed by atoms with Gasteiger partial charge in [0.15, 0.2) is 11.0 Å². The predicted octanol–water partition coefficient (Wildman–Crippen LogP) is -1.10. The Balaban J connectivity index is 1.53. The minimum atomic E-state index is -1.73. The summed E-state index contributed by atoms with van der Waals surface area (Å²) in [6.45, 7) is 0.830. The summed E-state index contributed by atoms with van der Waals surface area (Å²) in [7, 11) is 1.27. The van der Waals surface area contributed by atoms with Crippen LogP contribution in [-0.4, -0.2) is 110 Å². The number of methoxy groups -OCH3 is 1. The number of fused-ring (bicyclic) bond motifs is 1. The second kappa shape index (κ2) is 11.8. The lowest BCUT2D eigenvalue weighted by Crippen LogP contribution is -2.58. The summed E-state index contributed by atoms with van der Waals surface area (Å²) in [4.78, 5) is 13.2. The van der Waals surface area contributed by atoms with Gasteiger partial charge in [0.05, 0.1) is 25.4 Å². The molecule has 228 valence electrons. The van der Waals surface area contributed by atoms with Gasteiger partial charge in [-0.1, -0.05) is 0 Å². The molecule has 2 saturated heterocycles. The Morgan fingerprint density at radius 3 is 2.17 bits per heavy atom. The van der Waals surface area contributed by atoms with Crippen LogP contribution in [0.3, 0.4) is 0 Å². The molecule has 0 aliphatic carbocycles. The summed E-state index contributed by atoms with van der Waals surface area (Å²) in [5.74, 6) is -0.283. The minimum Gasteiger partial charge on any atom is -0.507 e. The summed E-state index contributed by atoms with van der Waals surface area (Å²) in [6.07, 6.45) is -14.1. The van der Waals surface area contributed by atoms with Crippen molar-refractivity contribution in [3.8, 4) is 28.6 Å². The topological polar surface area (TPSA) is 229 Å². The molecular formula is C28H32O14. The highest BCUT2D eigenvalue weighted by atomic mass is 16.7. The number of benzene rings is 2. The van der Waals surface area contributed by atoms with E-state index in [1.165, 1.54) is 38.3 Å². The Labute approximate surface area is 238 Å². The highest BCUT2D eigenvalue weighted by molar-refractivity contribution is 5.89. The first-order valence-corrected chi connectivity index (χ1v) is 13.1. The van der Waals surface area contributed by atoms with Crippen molar-refractivity contribution in [2.75, 3.05) is 13.7 Å². The smallest absolute Gasteiger partial charge is 0.229 e. The molecule has 2 aromatic carbocycles. The lowest BCUT2D eigenvalue weighted by Gasteiger charge is -2.40. The number of aromatic hydroxyl groups is 1. The highest BCUT2D eigenvalue weighted by Gasteiger charge is 2.46. The van der Waals surface area contributed by atoms with E-state index in [4.69, 9.17) is 23.4 Å². The van der Waals surface area contributed by atoms with E-state index >= 15 is 0 Å². The largest absolute Gasteiger partial charge is 0.507 e. The molecule has 4 unspecified atom stereocenters. The van der Waals surface area contributed by atoms with E-state index in [1.54, 1.807) is 0 Å². The minimum absolute atomic E-state index is 0.0265. The summed E-state index contributed by atoms with van der Waals surface area (Å²) in [6, 6.07) is 8.28. The third-order valence-electron chi connectivity index (χ3n) is 7.58. The molecule has 2 aliphatic heterocycles. The van der Waals surface area contributed by atoms with Crippen LogP contribution >= 0.6 is 0 Å². The van der Waals surface area contributed by atoms with Gasteiger partial charge in [0, 0.05) is 17.7 Å². The molecule has 0 bridgehead atoms. The molecule has 2 aliphatic rings. The molecule has 14 heteroatoms. The van der Waals surface area contributed by atoms with Gasteiger partial charge in [0.25, 0.3) is 0 Å². The van der Waals surface area contributed by atoms with E-state index in [1.807, 2.05) is 0 Å². The number of aliphatic hydroxyl groups excluding tert-OH is 7. The zero-order chi connectivity index (χ0) is 30.5. The third-order valence-corrected chi connectivity index (χ3v) is 7.58. The van der Waals surface area contributed by atoms with Gasteiger partial charge in [-0.15, -0.1) is 0 Å². The standard InChI is InChI=1S/C28H32O14/c1-10-20(32)22(34)25(37)28(39-10)40-12-5-3-11(4-6-12)15-7-13(30)18-14(31)8-16(38-2)19(26(18)41-15)27-24(36)23(35)21(33)17(9-29)42-27/h3-8,10,17,20-25,27-29,31-37H,9H2,1-2H3/t10?,17?,20-,21+,22-,23-,24?,25?,27-,28-/m0/s1. The van der Waals surface area contributed by atoms with Gasteiger partial charge in [-0.25, -0.2) is 0 Å². The van der Waals surface area contributed by atoms with Crippen LogP contribution in [0.15, 0.2) is 45.6 Å². The van der Waals surface area contributed by atoms with Gasteiger partial charge in [-0.05, 0) is 31.2 Å². The Kier molecular flexibility index (Phi) is 8.44. The monoisotopic (exact) mass is 592 g/mol. The lowest BCUT2D eigenvalue weighted by molar-refractivity contribution is -0.268. The van der Waals surface area contributed by atoms with Crippen LogP contribution in [-0.2, 0) is 9.47 Å². The average Bonchev–Trinajstić information content (AvgIpc) is 2.98. The molecular weight excluding hydrogens is 560 g/mol. The van der Waals surface area contributed by atoms with Crippen molar-refractivity contribution in [1.82, 2.24) is 0 Å². The zero-order valence-corrected chi connectivity index (χ0v) is 22.5.